The summed E-state index contributed by atoms with van der Waals surface area (Å²) in [6.07, 6.45) is 1.29. The van der Waals surface area contributed by atoms with E-state index >= 15 is 0 Å². The number of ether oxygens (including phenoxy) is 1. The number of hydrogen-bond donors (Lipinski definition) is 2. The van der Waals surface area contributed by atoms with Gasteiger partial charge in [-0.1, -0.05) is 44.2 Å². The van der Waals surface area contributed by atoms with Gasteiger partial charge >= 0.3 is 0 Å². The van der Waals surface area contributed by atoms with Gasteiger partial charge in [-0.25, -0.2) is 0 Å². The molecular formula is C20H24N2O5. The number of morpholine rings is 1. The molecule has 1 aliphatic rings. The summed E-state index contributed by atoms with van der Waals surface area (Å²) in [7, 11) is 0. The predicted molar refractivity (Wildman–Crippen MR) is 101 cm³/mol. The van der Waals surface area contributed by atoms with E-state index in [1.165, 1.54) is 6.20 Å². The highest BCUT2D eigenvalue weighted by molar-refractivity contribution is 5.93. The van der Waals surface area contributed by atoms with E-state index in [-0.39, 0.29) is 41.6 Å². The monoisotopic (exact) mass is 372 g/mol. The maximum atomic E-state index is 12.8. The van der Waals surface area contributed by atoms with E-state index in [4.69, 9.17) is 14.6 Å². The zero-order valence-corrected chi connectivity index (χ0v) is 15.4. The average Bonchev–Trinajstić information content (AvgIpc) is 2.69. The van der Waals surface area contributed by atoms with E-state index in [1.807, 2.05) is 30.3 Å². The zero-order valence-electron chi connectivity index (χ0n) is 15.4. The van der Waals surface area contributed by atoms with Crippen LogP contribution in [-0.2, 0) is 9.53 Å². The largest absolute Gasteiger partial charge is 0.483 e. The van der Waals surface area contributed by atoms with Crippen LogP contribution in [0, 0.1) is 5.92 Å². The number of carboxylic acid groups (broad SMARTS) is 1. The minimum Gasteiger partial charge on any atom is -0.483 e. The molecule has 3 rings (SSSR count). The molecule has 0 spiro atoms. The normalized spacial score (nSPS) is 19.1. The summed E-state index contributed by atoms with van der Waals surface area (Å²) in [6.45, 7) is 4.85. The van der Waals surface area contributed by atoms with Crippen LogP contribution in [0.15, 0.2) is 53.5 Å². The molecule has 0 unspecified atom stereocenters. The molecule has 2 atom stereocenters. The number of amides is 1. The minimum absolute atomic E-state index is 0.0595. The highest BCUT2D eigenvalue weighted by Crippen LogP contribution is 2.28. The molecule has 144 valence electrons. The van der Waals surface area contributed by atoms with Crippen LogP contribution in [0.4, 0.5) is 0 Å². The fourth-order valence-corrected chi connectivity index (χ4v) is 2.93. The van der Waals surface area contributed by atoms with Gasteiger partial charge in [0.05, 0.1) is 12.6 Å². The summed E-state index contributed by atoms with van der Waals surface area (Å²) in [5.41, 5.74) is 0.864. The number of carbonyl (C=O) groups is 2. The molecule has 0 radical (unpaired) electrons. The van der Waals surface area contributed by atoms with Gasteiger partial charge in [0, 0.05) is 12.7 Å². The second-order valence-corrected chi connectivity index (χ2v) is 6.55. The second kappa shape index (κ2) is 9.68. The number of nitrogens with zero attached hydrogens (tertiary/aromatic N) is 1. The Bertz CT molecular complexity index is 803. The van der Waals surface area contributed by atoms with Crippen molar-refractivity contribution in [3.63, 3.8) is 0 Å². The predicted octanol–water partition coefficient (Wildman–Crippen LogP) is 2.31. The lowest BCUT2D eigenvalue weighted by molar-refractivity contribution is -0.122. The molecule has 1 aliphatic heterocycles. The highest BCUT2D eigenvalue weighted by atomic mass is 16.5. The van der Waals surface area contributed by atoms with Gasteiger partial charge in [-0.2, -0.15) is 0 Å². The summed E-state index contributed by atoms with van der Waals surface area (Å²) in [4.78, 5) is 37.4. The van der Waals surface area contributed by atoms with Gasteiger partial charge in [-0.05, 0) is 23.6 Å². The Labute approximate surface area is 157 Å². The van der Waals surface area contributed by atoms with E-state index in [1.54, 1.807) is 17.0 Å². The molecular weight excluding hydrogens is 348 g/mol. The molecule has 7 heteroatoms. The molecule has 1 aromatic carbocycles. The number of nitrogens with one attached hydrogen (secondary N) is 1. The third-order valence-electron chi connectivity index (χ3n) is 4.38. The number of benzene rings is 1. The van der Waals surface area contributed by atoms with E-state index in [0.29, 0.717) is 13.1 Å². The van der Waals surface area contributed by atoms with Gasteiger partial charge in [-0.3, -0.25) is 14.4 Å². The molecule has 27 heavy (non-hydrogen) atoms. The molecule has 2 aromatic rings. The average molecular weight is 372 g/mol. The van der Waals surface area contributed by atoms with E-state index in [2.05, 4.69) is 18.8 Å². The lowest BCUT2D eigenvalue weighted by atomic mass is 10.0. The van der Waals surface area contributed by atoms with Crippen LogP contribution >= 0.6 is 0 Å². The molecule has 0 aliphatic carbocycles. The Balaban J connectivity index is 0.000000817. The van der Waals surface area contributed by atoms with Gasteiger partial charge < -0.3 is 19.7 Å². The third kappa shape index (κ3) is 5.27. The van der Waals surface area contributed by atoms with Crippen LogP contribution < -0.4 is 5.56 Å². The van der Waals surface area contributed by atoms with Gasteiger partial charge in [0.25, 0.3) is 17.9 Å². The van der Waals surface area contributed by atoms with Gasteiger partial charge in [0.2, 0.25) is 0 Å². The number of rotatable bonds is 3. The standard InChI is InChI=1S/C19H22N2O3.CH2O2/c1-13(2)16-11-21(19(23)15-9-6-10-20-18(15)22)12-17(24-16)14-7-4-3-5-8-14;2-1-3/h3-10,13,16-17H,11-12H2,1-2H3,(H,20,22);1H,(H,2,3)/t16-,17+;/m1./s1. The van der Waals surface area contributed by atoms with Crippen LogP contribution in [0.1, 0.15) is 35.9 Å². The minimum atomic E-state index is -0.355. The number of H-pyrrole nitrogens is 1. The molecule has 1 fully saturated rings. The lowest BCUT2D eigenvalue weighted by Gasteiger charge is -2.40. The molecule has 2 heterocycles. The molecule has 7 nitrogen and oxygen atoms in total. The van der Waals surface area contributed by atoms with Crippen LogP contribution in [0.25, 0.3) is 0 Å². The molecule has 2 N–H and O–H groups in total. The van der Waals surface area contributed by atoms with Crippen LogP contribution in [-0.4, -0.2) is 46.6 Å². The van der Waals surface area contributed by atoms with Crippen molar-refractivity contribution in [1.82, 2.24) is 9.88 Å². The van der Waals surface area contributed by atoms with Crippen LogP contribution in [0.2, 0.25) is 0 Å². The number of carbonyl (C=O) groups excluding carboxylic acids is 1. The van der Waals surface area contributed by atoms with Crippen molar-refractivity contribution in [2.45, 2.75) is 26.1 Å². The van der Waals surface area contributed by atoms with Gasteiger partial charge in [0.1, 0.15) is 11.7 Å². The van der Waals surface area contributed by atoms with Crippen LogP contribution in [0.5, 0.6) is 0 Å². The highest BCUT2D eigenvalue weighted by Gasteiger charge is 2.33. The van der Waals surface area contributed by atoms with Crippen molar-refractivity contribution in [3.05, 3.63) is 70.1 Å². The molecule has 1 aromatic heterocycles. The molecule has 1 amide bonds. The first-order chi connectivity index (χ1) is 13.0. The summed E-state index contributed by atoms with van der Waals surface area (Å²) in [5, 5.41) is 6.89. The summed E-state index contributed by atoms with van der Waals surface area (Å²) in [6, 6.07) is 13.1. The summed E-state index contributed by atoms with van der Waals surface area (Å²) >= 11 is 0. The Morgan fingerprint density at radius 2 is 1.89 bits per heavy atom. The lowest BCUT2D eigenvalue weighted by Crippen LogP contribution is -2.49. The molecule has 0 bridgehead atoms. The smallest absolute Gasteiger partial charge is 0.290 e. The van der Waals surface area contributed by atoms with E-state index < -0.39 is 0 Å². The summed E-state index contributed by atoms with van der Waals surface area (Å²) in [5.74, 6) is 0.0348. The van der Waals surface area contributed by atoms with Crippen molar-refractivity contribution in [2.24, 2.45) is 5.92 Å². The van der Waals surface area contributed by atoms with Crippen molar-refractivity contribution >= 4 is 12.4 Å². The number of aromatic nitrogens is 1. The molecule has 0 saturated carbocycles. The first-order valence-corrected chi connectivity index (χ1v) is 8.73. The number of hydrogen-bond acceptors (Lipinski definition) is 4. The first-order valence-electron chi connectivity index (χ1n) is 8.73. The first kappa shape index (κ1) is 20.4. The van der Waals surface area contributed by atoms with E-state index in [9.17, 15) is 9.59 Å². The van der Waals surface area contributed by atoms with Gasteiger partial charge in [0.15, 0.2) is 0 Å². The topological polar surface area (TPSA) is 99.7 Å². The summed E-state index contributed by atoms with van der Waals surface area (Å²) < 4.78 is 6.20. The maximum Gasteiger partial charge on any atom is 0.290 e. The quantitative estimate of drug-likeness (QED) is 0.806. The van der Waals surface area contributed by atoms with Crippen LogP contribution in [0.3, 0.4) is 0 Å². The SMILES string of the molecule is CC(C)[C@H]1CN(C(=O)c2ccc[nH]c2=O)C[C@@H](c2ccccc2)O1.O=CO. The molecule has 1 saturated heterocycles. The number of aromatic amines is 1. The zero-order chi connectivity index (χ0) is 19.8. The third-order valence-corrected chi connectivity index (χ3v) is 4.38. The Hall–Kier alpha value is -2.93. The fraction of sp³-hybridized carbons (Fsp3) is 0.350. The second-order valence-electron chi connectivity index (χ2n) is 6.55. The number of pyridine rings is 1. The maximum absolute atomic E-state index is 12.8. The van der Waals surface area contributed by atoms with Crippen molar-refractivity contribution in [2.75, 3.05) is 13.1 Å². The fourth-order valence-electron chi connectivity index (χ4n) is 2.93. The van der Waals surface area contributed by atoms with Crippen molar-refractivity contribution in [1.29, 1.82) is 0 Å². The van der Waals surface area contributed by atoms with Crippen molar-refractivity contribution < 1.29 is 19.4 Å². The van der Waals surface area contributed by atoms with E-state index in [0.717, 1.165) is 5.56 Å². The Kier molecular flexibility index (Phi) is 7.31. The van der Waals surface area contributed by atoms with Crippen molar-refractivity contribution in [3.8, 4) is 0 Å². The Morgan fingerprint density at radius 1 is 1.22 bits per heavy atom. The van der Waals surface area contributed by atoms with Gasteiger partial charge in [-0.15, -0.1) is 0 Å². The Morgan fingerprint density at radius 3 is 2.48 bits per heavy atom.